The molecule has 1 heterocycles. The van der Waals surface area contributed by atoms with Gasteiger partial charge in [0.15, 0.2) is 0 Å². The number of amides is 2. The number of rotatable bonds is 10. The molecule has 1 fully saturated rings. The average molecular weight is 425 g/mol. The van der Waals surface area contributed by atoms with Crippen molar-refractivity contribution in [2.24, 2.45) is 0 Å². The van der Waals surface area contributed by atoms with Gasteiger partial charge in [0.05, 0.1) is 13.2 Å². The normalized spacial score (nSPS) is 13.7. The number of ether oxygens (including phenoxy) is 2. The SMILES string of the molecule is Cc1ccc(OCCCC(=O)N2CCN(C(=O)CCCOc3ccccc3)CC2)cc1. The number of aryl methyl sites for hydroxylation is 1. The predicted octanol–water partition coefficient (Wildman–Crippen LogP) is 3.68. The summed E-state index contributed by atoms with van der Waals surface area (Å²) in [5.41, 5.74) is 1.20. The zero-order valence-corrected chi connectivity index (χ0v) is 18.3. The first-order chi connectivity index (χ1) is 15.1. The van der Waals surface area contributed by atoms with Crippen LogP contribution in [0.2, 0.25) is 0 Å². The van der Waals surface area contributed by atoms with Crippen molar-refractivity contribution in [3.8, 4) is 11.5 Å². The quantitative estimate of drug-likeness (QED) is 0.546. The Kier molecular flexibility index (Phi) is 8.76. The Morgan fingerprint density at radius 3 is 1.65 bits per heavy atom. The minimum Gasteiger partial charge on any atom is -0.494 e. The van der Waals surface area contributed by atoms with E-state index in [1.807, 2.05) is 71.3 Å². The lowest BCUT2D eigenvalue weighted by molar-refractivity contribution is -0.139. The summed E-state index contributed by atoms with van der Waals surface area (Å²) >= 11 is 0. The van der Waals surface area contributed by atoms with Gasteiger partial charge in [0, 0.05) is 39.0 Å². The number of hydrogen-bond acceptors (Lipinski definition) is 4. The number of para-hydroxylation sites is 1. The van der Waals surface area contributed by atoms with Crippen molar-refractivity contribution in [3.05, 3.63) is 60.2 Å². The van der Waals surface area contributed by atoms with Crippen molar-refractivity contribution in [1.29, 1.82) is 0 Å². The molecular weight excluding hydrogens is 392 g/mol. The lowest BCUT2D eigenvalue weighted by atomic mass is 10.2. The lowest BCUT2D eigenvalue weighted by Gasteiger charge is -2.35. The molecule has 6 nitrogen and oxygen atoms in total. The van der Waals surface area contributed by atoms with E-state index in [-0.39, 0.29) is 11.8 Å². The van der Waals surface area contributed by atoms with Gasteiger partial charge in [-0.3, -0.25) is 9.59 Å². The second-order valence-corrected chi connectivity index (χ2v) is 7.79. The van der Waals surface area contributed by atoms with Gasteiger partial charge >= 0.3 is 0 Å². The number of benzene rings is 2. The van der Waals surface area contributed by atoms with Crippen LogP contribution >= 0.6 is 0 Å². The number of carbonyl (C=O) groups excluding carboxylic acids is 2. The molecule has 0 bridgehead atoms. The summed E-state index contributed by atoms with van der Waals surface area (Å²) in [6.07, 6.45) is 2.31. The van der Waals surface area contributed by atoms with Crippen molar-refractivity contribution in [3.63, 3.8) is 0 Å². The van der Waals surface area contributed by atoms with E-state index < -0.39 is 0 Å². The minimum atomic E-state index is 0.134. The molecule has 0 atom stereocenters. The van der Waals surface area contributed by atoms with Gasteiger partial charge in [0.1, 0.15) is 11.5 Å². The van der Waals surface area contributed by atoms with E-state index in [0.717, 1.165) is 11.5 Å². The summed E-state index contributed by atoms with van der Waals surface area (Å²) in [6.45, 7) is 5.50. The van der Waals surface area contributed by atoms with Crippen LogP contribution in [-0.2, 0) is 9.59 Å². The van der Waals surface area contributed by atoms with Crippen molar-refractivity contribution >= 4 is 11.8 Å². The summed E-state index contributed by atoms with van der Waals surface area (Å²) in [5.74, 6) is 1.93. The summed E-state index contributed by atoms with van der Waals surface area (Å²) in [4.78, 5) is 28.5. The summed E-state index contributed by atoms with van der Waals surface area (Å²) in [6, 6.07) is 17.5. The molecule has 3 rings (SSSR count). The highest BCUT2D eigenvalue weighted by Gasteiger charge is 2.23. The van der Waals surface area contributed by atoms with E-state index in [0.29, 0.717) is 65.1 Å². The van der Waals surface area contributed by atoms with Crippen LogP contribution in [0.3, 0.4) is 0 Å². The molecule has 0 N–H and O–H groups in total. The van der Waals surface area contributed by atoms with Gasteiger partial charge in [0.25, 0.3) is 0 Å². The zero-order valence-electron chi connectivity index (χ0n) is 18.3. The third-order valence-corrected chi connectivity index (χ3v) is 5.36. The summed E-state index contributed by atoms with van der Waals surface area (Å²) in [5, 5.41) is 0. The van der Waals surface area contributed by atoms with E-state index in [2.05, 4.69) is 0 Å². The molecule has 31 heavy (non-hydrogen) atoms. The monoisotopic (exact) mass is 424 g/mol. The largest absolute Gasteiger partial charge is 0.494 e. The van der Waals surface area contributed by atoms with Crippen LogP contribution in [0.5, 0.6) is 11.5 Å². The third-order valence-electron chi connectivity index (χ3n) is 5.36. The van der Waals surface area contributed by atoms with E-state index in [1.165, 1.54) is 5.56 Å². The maximum atomic E-state index is 12.4. The number of piperazine rings is 1. The Morgan fingerprint density at radius 2 is 1.16 bits per heavy atom. The number of carbonyl (C=O) groups is 2. The maximum Gasteiger partial charge on any atom is 0.222 e. The van der Waals surface area contributed by atoms with Crippen LogP contribution in [0.1, 0.15) is 31.2 Å². The molecule has 0 spiro atoms. The van der Waals surface area contributed by atoms with Crippen LogP contribution in [-0.4, -0.2) is 61.0 Å². The first-order valence-electron chi connectivity index (χ1n) is 11.0. The molecule has 1 saturated heterocycles. The fourth-order valence-electron chi connectivity index (χ4n) is 3.50. The van der Waals surface area contributed by atoms with Crippen LogP contribution in [0.25, 0.3) is 0 Å². The summed E-state index contributed by atoms with van der Waals surface area (Å²) in [7, 11) is 0. The van der Waals surface area contributed by atoms with Gasteiger partial charge in [-0.15, -0.1) is 0 Å². The molecule has 166 valence electrons. The summed E-state index contributed by atoms with van der Waals surface area (Å²) < 4.78 is 11.3. The molecule has 0 unspecified atom stereocenters. The lowest BCUT2D eigenvalue weighted by Crippen LogP contribution is -2.50. The molecule has 2 aromatic carbocycles. The first kappa shape index (κ1) is 22.7. The molecule has 6 heteroatoms. The van der Waals surface area contributed by atoms with Crippen molar-refractivity contribution in [2.75, 3.05) is 39.4 Å². The Bertz CT molecular complexity index is 815. The molecule has 0 saturated carbocycles. The molecule has 2 aromatic rings. The van der Waals surface area contributed by atoms with Crippen LogP contribution in [0.15, 0.2) is 54.6 Å². The zero-order chi connectivity index (χ0) is 21.9. The second kappa shape index (κ2) is 12.0. The topological polar surface area (TPSA) is 59.1 Å². The van der Waals surface area contributed by atoms with Gasteiger partial charge in [0.2, 0.25) is 11.8 Å². The highest BCUT2D eigenvalue weighted by molar-refractivity contribution is 5.78. The van der Waals surface area contributed by atoms with Gasteiger partial charge in [-0.05, 0) is 44.0 Å². The smallest absolute Gasteiger partial charge is 0.222 e. The molecule has 0 aromatic heterocycles. The van der Waals surface area contributed by atoms with Crippen molar-refractivity contribution in [2.45, 2.75) is 32.6 Å². The van der Waals surface area contributed by atoms with E-state index >= 15 is 0 Å². The molecule has 2 amide bonds. The van der Waals surface area contributed by atoms with Crippen molar-refractivity contribution in [1.82, 2.24) is 9.80 Å². The van der Waals surface area contributed by atoms with Crippen molar-refractivity contribution < 1.29 is 19.1 Å². The Labute approximate surface area is 184 Å². The molecular formula is C25H32N2O4. The predicted molar refractivity (Wildman–Crippen MR) is 120 cm³/mol. The van der Waals surface area contributed by atoms with Gasteiger partial charge in [-0.2, -0.15) is 0 Å². The van der Waals surface area contributed by atoms with Gasteiger partial charge < -0.3 is 19.3 Å². The van der Waals surface area contributed by atoms with Crippen LogP contribution in [0, 0.1) is 6.92 Å². The second-order valence-electron chi connectivity index (χ2n) is 7.79. The van der Waals surface area contributed by atoms with Crippen LogP contribution in [0.4, 0.5) is 0 Å². The molecule has 0 radical (unpaired) electrons. The molecule has 1 aliphatic heterocycles. The Morgan fingerprint density at radius 1 is 0.710 bits per heavy atom. The Balaban J connectivity index is 1.26. The molecule has 1 aliphatic rings. The van der Waals surface area contributed by atoms with Gasteiger partial charge in [-0.25, -0.2) is 0 Å². The maximum absolute atomic E-state index is 12.4. The molecule has 0 aliphatic carbocycles. The van der Waals surface area contributed by atoms with E-state index in [1.54, 1.807) is 0 Å². The van der Waals surface area contributed by atoms with E-state index in [4.69, 9.17) is 9.47 Å². The number of hydrogen-bond donors (Lipinski definition) is 0. The van der Waals surface area contributed by atoms with E-state index in [9.17, 15) is 9.59 Å². The Hall–Kier alpha value is -3.02. The highest BCUT2D eigenvalue weighted by Crippen LogP contribution is 2.13. The average Bonchev–Trinajstić information content (AvgIpc) is 2.81. The fraction of sp³-hybridized carbons (Fsp3) is 0.440. The number of nitrogens with zero attached hydrogens (tertiary/aromatic N) is 2. The fourth-order valence-corrected chi connectivity index (χ4v) is 3.50. The first-order valence-corrected chi connectivity index (χ1v) is 11.0. The van der Waals surface area contributed by atoms with Crippen LogP contribution < -0.4 is 9.47 Å². The third kappa shape index (κ3) is 7.63. The minimum absolute atomic E-state index is 0.134. The van der Waals surface area contributed by atoms with Gasteiger partial charge in [-0.1, -0.05) is 35.9 Å². The standard InChI is InChI=1S/C25H32N2O4/c1-21-11-13-23(14-12-21)31-20-6-10-25(29)27-17-15-26(16-18-27)24(28)9-5-19-30-22-7-3-2-4-8-22/h2-4,7-8,11-14H,5-6,9-10,15-20H2,1H3. The highest BCUT2D eigenvalue weighted by atomic mass is 16.5.